The highest BCUT2D eigenvalue weighted by molar-refractivity contribution is 5.46. The summed E-state index contributed by atoms with van der Waals surface area (Å²) in [4.78, 5) is 0. The third-order valence-corrected chi connectivity index (χ3v) is 3.49. The molecule has 2 aromatic carbocycles. The molecule has 21 heavy (non-hydrogen) atoms. The smallest absolute Gasteiger partial charge is 0.165 e. The summed E-state index contributed by atoms with van der Waals surface area (Å²) in [6.45, 7) is 3.83. The molecule has 0 aromatic heterocycles. The van der Waals surface area contributed by atoms with Gasteiger partial charge in [-0.15, -0.1) is 0 Å². The van der Waals surface area contributed by atoms with Crippen molar-refractivity contribution in [2.75, 3.05) is 14.2 Å². The summed E-state index contributed by atoms with van der Waals surface area (Å²) < 4.78 is 23.9. The Morgan fingerprint density at radius 3 is 2.05 bits per heavy atom. The van der Waals surface area contributed by atoms with E-state index >= 15 is 0 Å². The van der Waals surface area contributed by atoms with Gasteiger partial charge in [-0.1, -0.05) is 6.07 Å². The highest BCUT2D eigenvalue weighted by Crippen LogP contribution is 2.31. The fourth-order valence-electron chi connectivity index (χ4n) is 2.51. The van der Waals surface area contributed by atoms with Crippen LogP contribution in [-0.2, 0) is 0 Å². The molecule has 3 nitrogen and oxygen atoms in total. The van der Waals surface area contributed by atoms with Crippen molar-refractivity contribution in [3.8, 4) is 11.5 Å². The van der Waals surface area contributed by atoms with Crippen LogP contribution in [0.25, 0.3) is 0 Å². The molecule has 0 saturated carbocycles. The van der Waals surface area contributed by atoms with Crippen LogP contribution in [0.5, 0.6) is 11.5 Å². The lowest BCUT2D eigenvalue weighted by atomic mass is 9.97. The van der Waals surface area contributed by atoms with Crippen LogP contribution in [0, 0.1) is 19.7 Å². The number of hydrogen-bond acceptors (Lipinski definition) is 3. The summed E-state index contributed by atoms with van der Waals surface area (Å²) in [5, 5.41) is 10.4. The van der Waals surface area contributed by atoms with Gasteiger partial charge in [0.25, 0.3) is 0 Å². The second kappa shape index (κ2) is 6.14. The highest BCUT2D eigenvalue weighted by atomic mass is 19.1. The maximum absolute atomic E-state index is 13.7. The number of rotatable bonds is 4. The van der Waals surface area contributed by atoms with Crippen molar-refractivity contribution < 1.29 is 19.0 Å². The van der Waals surface area contributed by atoms with Gasteiger partial charge in [0.1, 0.15) is 11.9 Å². The lowest BCUT2D eigenvalue weighted by Gasteiger charge is -2.16. The van der Waals surface area contributed by atoms with Crippen molar-refractivity contribution in [3.05, 3.63) is 58.4 Å². The molecule has 0 aliphatic carbocycles. The molecule has 0 fully saturated rings. The summed E-state index contributed by atoms with van der Waals surface area (Å²) in [7, 11) is 3.02. The Labute approximate surface area is 124 Å². The predicted molar refractivity (Wildman–Crippen MR) is 79.5 cm³/mol. The third kappa shape index (κ3) is 3.00. The Morgan fingerprint density at radius 1 is 0.952 bits per heavy atom. The molecule has 0 bridgehead atoms. The molecule has 0 radical (unpaired) electrons. The normalized spacial score (nSPS) is 12.1. The molecular weight excluding hydrogens is 271 g/mol. The Balaban J connectivity index is 2.40. The van der Waals surface area contributed by atoms with Crippen molar-refractivity contribution in [1.29, 1.82) is 0 Å². The number of methoxy groups -OCH3 is 2. The molecule has 1 N–H and O–H groups in total. The van der Waals surface area contributed by atoms with Gasteiger partial charge in [-0.25, -0.2) is 4.39 Å². The van der Waals surface area contributed by atoms with Crippen LogP contribution < -0.4 is 9.47 Å². The molecule has 4 heteroatoms. The second-order valence-electron chi connectivity index (χ2n) is 4.98. The van der Waals surface area contributed by atoms with Crippen LogP contribution in [0.4, 0.5) is 4.39 Å². The summed E-state index contributed by atoms with van der Waals surface area (Å²) in [5.41, 5.74) is 3.05. The number of aryl methyl sites for hydroxylation is 2. The van der Waals surface area contributed by atoms with Gasteiger partial charge >= 0.3 is 0 Å². The van der Waals surface area contributed by atoms with Crippen LogP contribution in [0.15, 0.2) is 30.3 Å². The molecule has 0 aliphatic heterocycles. The van der Waals surface area contributed by atoms with E-state index in [1.807, 2.05) is 26.0 Å². The van der Waals surface area contributed by atoms with E-state index in [-0.39, 0.29) is 5.75 Å². The van der Waals surface area contributed by atoms with Gasteiger partial charge in [0.05, 0.1) is 14.2 Å². The van der Waals surface area contributed by atoms with E-state index in [2.05, 4.69) is 0 Å². The van der Waals surface area contributed by atoms with Crippen LogP contribution in [0.3, 0.4) is 0 Å². The minimum atomic E-state index is -0.895. The number of aliphatic hydroxyl groups is 1. The van der Waals surface area contributed by atoms with Gasteiger partial charge in [0.15, 0.2) is 11.6 Å². The average molecular weight is 290 g/mol. The Kier molecular flexibility index (Phi) is 4.48. The molecule has 0 heterocycles. The van der Waals surface area contributed by atoms with Crippen LogP contribution >= 0.6 is 0 Å². The zero-order valence-electron chi connectivity index (χ0n) is 12.6. The number of aliphatic hydroxyl groups excluding tert-OH is 1. The summed E-state index contributed by atoms with van der Waals surface area (Å²) >= 11 is 0. The van der Waals surface area contributed by atoms with Gasteiger partial charge in [-0.3, -0.25) is 0 Å². The molecule has 1 unspecified atom stereocenters. The number of benzene rings is 2. The van der Waals surface area contributed by atoms with Crippen LogP contribution in [0.1, 0.15) is 28.4 Å². The number of ether oxygens (including phenoxy) is 2. The molecular formula is C17H19FO3. The lowest BCUT2D eigenvalue weighted by molar-refractivity contribution is 0.219. The van der Waals surface area contributed by atoms with E-state index in [9.17, 15) is 9.50 Å². The first-order valence-corrected chi connectivity index (χ1v) is 6.64. The van der Waals surface area contributed by atoms with Crippen molar-refractivity contribution in [2.24, 2.45) is 0 Å². The molecule has 112 valence electrons. The number of hydrogen-bond donors (Lipinski definition) is 1. The first-order chi connectivity index (χ1) is 9.97. The zero-order valence-corrected chi connectivity index (χ0v) is 12.6. The van der Waals surface area contributed by atoms with E-state index in [0.717, 1.165) is 16.9 Å². The maximum Gasteiger partial charge on any atom is 0.165 e. The minimum absolute atomic E-state index is 0.160. The Bertz CT molecular complexity index is 629. The molecule has 0 spiro atoms. The fourth-order valence-corrected chi connectivity index (χ4v) is 2.51. The lowest BCUT2D eigenvalue weighted by Crippen LogP contribution is -2.03. The Morgan fingerprint density at radius 2 is 1.57 bits per heavy atom. The minimum Gasteiger partial charge on any atom is -0.496 e. The summed E-state index contributed by atoms with van der Waals surface area (Å²) in [6.07, 6.45) is -0.895. The summed E-state index contributed by atoms with van der Waals surface area (Å²) in [6, 6.07) is 8.15. The SMILES string of the molecule is COc1ccc(C(O)c2cc(C)c(OC)c(C)c2)cc1F. The maximum atomic E-state index is 13.7. The topological polar surface area (TPSA) is 38.7 Å². The van der Waals surface area contributed by atoms with Crippen LogP contribution in [0.2, 0.25) is 0 Å². The highest BCUT2D eigenvalue weighted by Gasteiger charge is 2.16. The van der Waals surface area contributed by atoms with E-state index in [0.29, 0.717) is 11.1 Å². The molecule has 0 aliphatic rings. The van der Waals surface area contributed by atoms with Gasteiger partial charge < -0.3 is 14.6 Å². The van der Waals surface area contributed by atoms with Crippen molar-refractivity contribution in [1.82, 2.24) is 0 Å². The molecule has 2 rings (SSSR count). The summed E-state index contributed by atoms with van der Waals surface area (Å²) in [5.74, 6) is 0.468. The largest absolute Gasteiger partial charge is 0.496 e. The van der Waals surface area contributed by atoms with Gasteiger partial charge in [0, 0.05) is 0 Å². The van der Waals surface area contributed by atoms with Crippen LogP contribution in [-0.4, -0.2) is 19.3 Å². The van der Waals surface area contributed by atoms with Gasteiger partial charge in [-0.05, 0) is 60.4 Å². The molecule has 1 atom stereocenters. The predicted octanol–water partition coefficient (Wildman–Crippen LogP) is 3.54. The molecule has 0 amide bonds. The third-order valence-electron chi connectivity index (χ3n) is 3.49. The molecule has 2 aromatic rings. The molecule has 0 saturated heterocycles. The van der Waals surface area contributed by atoms with Crippen molar-refractivity contribution in [3.63, 3.8) is 0 Å². The first-order valence-electron chi connectivity index (χ1n) is 6.64. The number of halogens is 1. The standard InChI is InChI=1S/C17H19FO3/c1-10-7-13(8-11(2)17(10)21-4)16(19)12-5-6-15(20-3)14(18)9-12/h5-9,16,19H,1-4H3. The average Bonchev–Trinajstić information content (AvgIpc) is 2.46. The second-order valence-corrected chi connectivity index (χ2v) is 4.98. The monoisotopic (exact) mass is 290 g/mol. The van der Waals surface area contributed by atoms with E-state index in [1.54, 1.807) is 13.2 Å². The van der Waals surface area contributed by atoms with E-state index in [1.165, 1.54) is 19.2 Å². The quantitative estimate of drug-likeness (QED) is 0.936. The first kappa shape index (κ1) is 15.3. The van der Waals surface area contributed by atoms with Gasteiger partial charge in [-0.2, -0.15) is 0 Å². The van der Waals surface area contributed by atoms with Crippen molar-refractivity contribution in [2.45, 2.75) is 20.0 Å². The van der Waals surface area contributed by atoms with Gasteiger partial charge in [0.2, 0.25) is 0 Å². The van der Waals surface area contributed by atoms with E-state index in [4.69, 9.17) is 9.47 Å². The fraction of sp³-hybridized carbons (Fsp3) is 0.294. The Hall–Kier alpha value is -2.07. The zero-order chi connectivity index (χ0) is 15.6. The van der Waals surface area contributed by atoms with Crippen molar-refractivity contribution >= 4 is 0 Å². The van der Waals surface area contributed by atoms with E-state index < -0.39 is 11.9 Å².